The highest BCUT2D eigenvalue weighted by atomic mass is 35.5. The van der Waals surface area contributed by atoms with E-state index < -0.39 is 0 Å². The van der Waals surface area contributed by atoms with Gasteiger partial charge in [-0.1, -0.05) is 17.7 Å². The minimum absolute atomic E-state index is 0.876. The zero-order valence-electron chi connectivity index (χ0n) is 10.8. The van der Waals surface area contributed by atoms with Gasteiger partial charge in [0.25, 0.3) is 0 Å². The molecule has 98 valence electrons. The monoisotopic (exact) mass is 290 g/mol. The van der Waals surface area contributed by atoms with Crippen LogP contribution in [0.1, 0.15) is 17.5 Å². The lowest BCUT2D eigenvalue weighted by Gasteiger charge is -1.96. The first-order valence-corrected chi connectivity index (χ1v) is 7.59. The molecule has 0 aliphatic heterocycles. The second kappa shape index (κ2) is 5.40. The standard InChI is InChI=1S/C9H9Cl.C7H6OS/c10-9-5-4-7-2-1-3-8(7)6-9;1-8-6-4-5-2-3-7(6)9-5/h4-6H,1-3H2;2-4H,1H3. The molecule has 3 heteroatoms. The van der Waals surface area contributed by atoms with Crippen LogP contribution in [0, 0.1) is 0 Å². The van der Waals surface area contributed by atoms with Crippen LogP contribution in [0.4, 0.5) is 0 Å². The molecule has 1 aliphatic rings. The molecule has 2 aromatic heterocycles. The molecule has 3 aromatic rings. The van der Waals surface area contributed by atoms with E-state index in [1.54, 1.807) is 18.4 Å². The lowest BCUT2D eigenvalue weighted by molar-refractivity contribution is 0.421. The van der Waals surface area contributed by atoms with Crippen LogP contribution in [0.5, 0.6) is 5.75 Å². The Morgan fingerprint density at radius 3 is 2.53 bits per heavy atom. The van der Waals surface area contributed by atoms with Gasteiger partial charge in [0.05, 0.1) is 11.8 Å². The van der Waals surface area contributed by atoms with Crippen molar-refractivity contribution in [1.82, 2.24) is 0 Å². The predicted octanol–water partition coefficient (Wildman–Crippen LogP) is 5.18. The second-order valence-electron chi connectivity index (χ2n) is 4.68. The number of fused-ring (bicyclic) bond motifs is 3. The number of benzene rings is 2. The number of ether oxygens (including phenoxy) is 1. The molecule has 0 radical (unpaired) electrons. The third-order valence-corrected chi connectivity index (χ3v) is 4.71. The Morgan fingerprint density at radius 2 is 1.89 bits per heavy atom. The van der Waals surface area contributed by atoms with E-state index in [9.17, 15) is 0 Å². The maximum Gasteiger partial charge on any atom is 0.137 e. The molecular formula is C16H15ClOS. The van der Waals surface area contributed by atoms with Crippen molar-refractivity contribution in [2.24, 2.45) is 0 Å². The minimum atomic E-state index is 0.876. The van der Waals surface area contributed by atoms with Gasteiger partial charge in [0.15, 0.2) is 0 Å². The van der Waals surface area contributed by atoms with E-state index in [0.717, 1.165) is 10.8 Å². The van der Waals surface area contributed by atoms with Crippen LogP contribution in [-0.2, 0) is 12.8 Å². The summed E-state index contributed by atoms with van der Waals surface area (Å²) in [6, 6.07) is 12.4. The van der Waals surface area contributed by atoms with Crippen molar-refractivity contribution >= 4 is 32.3 Å². The summed E-state index contributed by atoms with van der Waals surface area (Å²) < 4.78 is 7.61. The zero-order valence-corrected chi connectivity index (χ0v) is 12.4. The summed E-state index contributed by atoms with van der Waals surface area (Å²) in [7, 11) is 1.70. The largest absolute Gasteiger partial charge is 0.495 e. The summed E-state index contributed by atoms with van der Waals surface area (Å²) in [4.78, 5) is 0. The number of aryl methyl sites for hydroxylation is 2. The fraction of sp³-hybridized carbons (Fsp3) is 0.250. The van der Waals surface area contributed by atoms with Crippen LogP contribution in [-0.4, -0.2) is 7.11 Å². The van der Waals surface area contributed by atoms with Gasteiger partial charge in [0.2, 0.25) is 0 Å². The van der Waals surface area contributed by atoms with E-state index in [4.69, 9.17) is 16.3 Å². The van der Waals surface area contributed by atoms with Crippen molar-refractivity contribution in [1.29, 1.82) is 0 Å². The fourth-order valence-corrected chi connectivity index (χ4v) is 3.59. The molecule has 0 atom stereocenters. The summed E-state index contributed by atoms with van der Waals surface area (Å²) in [5.41, 5.74) is 2.94. The van der Waals surface area contributed by atoms with Crippen LogP contribution in [0.2, 0.25) is 5.02 Å². The van der Waals surface area contributed by atoms with Crippen molar-refractivity contribution in [2.75, 3.05) is 7.11 Å². The van der Waals surface area contributed by atoms with Crippen molar-refractivity contribution in [3.05, 3.63) is 52.5 Å². The lowest BCUT2D eigenvalue weighted by atomic mass is 10.1. The van der Waals surface area contributed by atoms with Crippen LogP contribution < -0.4 is 4.74 Å². The molecule has 0 fully saturated rings. The first-order valence-electron chi connectivity index (χ1n) is 6.39. The third-order valence-electron chi connectivity index (χ3n) is 3.42. The maximum absolute atomic E-state index is 5.82. The van der Waals surface area contributed by atoms with Crippen LogP contribution in [0.25, 0.3) is 9.40 Å². The van der Waals surface area contributed by atoms with Gasteiger partial charge in [0, 0.05) is 9.72 Å². The molecule has 0 saturated heterocycles. The molecule has 2 heterocycles. The zero-order chi connectivity index (χ0) is 13.2. The van der Waals surface area contributed by atoms with E-state index in [0.29, 0.717) is 0 Å². The molecule has 2 bridgehead atoms. The summed E-state index contributed by atoms with van der Waals surface area (Å²) in [5.74, 6) is 1.01. The van der Waals surface area contributed by atoms with Crippen LogP contribution in [0.15, 0.2) is 36.4 Å². The number of hydrogen-bond donors (Lipinski definition) is 0. The van der Waals surface area contributed by atoms with E-state index in [1.165, 1.54) is 39.8 Å². The Hall–Kier alpha value is -1.25. The van der Waals surface area contributed by atoms with Gasteiger partial charge in [-0.2, -0.15) is 0 Å². The minimum Gasteiger partial charge on any atom is -0.495 e. The van der Waals surface area contributed by atoms with E-state index in [-0.39, 0.29) is 0 Å². The second-order valence-corrected chi connectivity index (χ2v) is 6.23. The first-order chi connectivity index (χ1) is 9.26. The molecule has 1 aliphatic carbocycles. The van der Waals surface area contributed by atoms with Crippen molar-refractivity contribution < 1.29 is 4.74 Å². The molecular weight excluding hydrogens is 276 g/mol. The van der Waals surface area contributed by atoms with Gasteiger partial charge in [-0.3, -0.25) is 0 Å². The van der Waals surface area contributed by atoms with E-state index >= 15 is 0 Å². The highest BCUT2D eigenvalue weighted by molar-refractivity contribution is 7.24. The molecule has 0 saturated carbocycles. The summed E-state index contributed by atoms with van der Waals surface area (Å²) in [6.45, 7) is 0. The fourth-order valence-electron chi connectivity index (χ4n) is 2.46. The van der Waals surface area contributed by atoms with Gasteiger partial charge in [-0.25, -0.2) is 0 Å². The molecule has 0 N–H and O–H groups in total. The average Bonchev–Trinajstić information content (AvgIpc) is 3.14. The Kier molecular flexibility index (Phi) is 3.63. The van der Waals surface area contributed by atoms with Crippen molar-refractivity contribution in [3.63, 3.8) is 0 Å². The molecule has 0 amide bonds. The van der Waals surface area contributed by atoms with Crippen molar-refractivity contribution in [2.45, 2.75) is 19.3 Å². The Balaban J connectivity index is 0.000000117. The summed E-state index contributed by atoms with van der Waals surface area (Å²) in [6.07, 6.45) is 3.76. The van der Waals surface area contributed by atoms with E-state index in [2.05, 4.69) is 30.3 Å². The number of thiophene rings is 2. The SMILES string of the molecule is COc1cc2ccc1s2.Clc1ccc2c(c1)CCC2. The van der Waals surface area contributed by atoms with Gasteiger partial charge >= 0.3 is 0 Å². The summed E-state index contributed by atoms with van der Waals surface area (Å²) >= 11 is 7.59. The smallest absolute Gasteiger partial charge is 0.137 e. The average molecular weight is 291 g/mol. The van der Waals surface area contributed by atoms with Crippen molar-refractivity contribution in [3.8, 4) is 5.75 Å². The maximum atomic E-state index is 5.82. The normalized spacial score (nSPS) is 13.2. The Morgan fingerprint density at radius 1 is 1.05 bits per heavy atom. The van der Waals surface area contributed by atoms with Crippen LogP contribution >= 0.6 is 22.9 Å². The van der Waals surface area contributed by atoms with Gasteiger partial charge < -0.3 is 4.74 Å². The molecule has 0 spiro atoms. The highest BCUT2D eigenvalue weighted by Gasteiger charge is 2.09. The molecule has 1 aromatic carbocycles. The predicted molar refractivity (Wildman–Crippen MR) is 83.0 cm³/mol. The first kappa shape index (κ1) is 12.8. The Bertz CT molecular complexity index is 674. The quantitative estimate of drug-likeness (QED) is 0.600. The Labute approximate surface area is 122 Å². The molecule has 1 nitrogen and oxygen atoms in total. The number of halogens is 1. The number of hydrogen-bond acceptors (Lipinski definition) is 2. The molecule has 4 rings (SSSR count). The molecule has 19 heavy (non-hydrogen) atoms. The van der Waals surface area contributed by atoms with Gasteiger partial charge in [-0.05, 0) is 60.7 Å². The number of methoxy groups -OCH3 is 1. The van der Waals surface area contributed by atoms with Gasteiger partial charge in [0.1, 0.15) is 5.75 Å². The summed E-state index contributed by atoms with van der Waals surface area (Å²) in [5, 5.41) is 0.876. The number of rotatable bonds is 1. The third kappa shape index (κ3) is 2.70. The topological polar surface area (TPSA) is 9.23 Å². The van der Waals surface area contributed by atoms with Gasteiger partial charge in [-0.15, -0.1) is 11.3 Å². The van der Waals surface area contributed by atoms with E-state index in [1.807, 2.05) is 6.07 Å². The van der Waals surface area contributed by atoms with Crippen LogP contribution in [0.3, 0.4) is 0 Å². The lowest BCUT2D eigenvalue weighted by Crippen LogP contribution is -1.79. The highest BCUT2D eigenvalue weighted by Crippen LogP contribution is 2.34. The molecule has 0 unspecified atom stereocenters.